The maximum absolute atomic E-state index is 12.4. The Labute approximate surface area is 172 Å². The summed E-state index contributed by atoms with van der Waals surface area (Å²) in [6, 6.07) is 7.42. The Morgan fingerprint density at radius 1 is 1.07 bits per heavy atom. The van der Waals surface area contributed by atoms with Gasteiger partial charge in [-0.05, 0) is 31.5 Å². The van der Waals surface area contributed by atoms with Crippen LogP contribution in [0.1, 0.15) is 22.8 Å². The quantitative estimate of drug-likeness (QED) is 0.374. The van der Waals surface area contributed by atoms with Gasteiger partial charge >= 0.3 is 5.97 Å². The number of rotatable bonds is 9. The van der Waals surface area contributed by atoms with E-state index in [2.05, 4.69) is 5.32 Å². The molecule has 0 aliphatic carbocycles. The Balaban J connectivity index is 2.16. The van der Waals surface area contributed by atoms with E-state index < -0.39 is 29.1 Å². The Morgan fingerprint density at radius 2 is 1.77 bits per heavy atom. The number of methoxy groups -OCH3 is 2. The third-order valence-corrected chi connectivity index (χ3v) is 3.96. The molecular formula is C20H22N2O8. The first-order chi connectivity index (χ1) is 14.3. The molecule has 160 valence electrons. The van der Waals surface area contributed by atoms with Crippen molar-refractivity contribution in [2.45, 2.75) is 13.8 Å². The lowest BCUT2D eigenvalue weighted by atomic mass is 10.1. The van der Waals surface area contributed by atoms with Crippen LogP contribution in [0.25, 0.3) is 0 Å². The number of nitrogens with zero attached hydrogens (tertiary/aromatic N) is 1. The molecule has 0 spiro atoms. The van der Waals surface area contributed by atoms with Crippen LogP contribution in [0.15, 0.2) is 30.3 Å². The Kier molecular flexibility index (Phi) is 7.56. The van der Waals surface area contributed by atoms with Crippen molar-refractivity contribution in [3.63, 3.8) is 0 Å². The molecule has 0 bridgehead atoms. The van der Waals surface area contributed by atoms with E-state index in [-0.39, 0.29) is 23.7 Å². The summed E-state index contributed by atoms with van der Waals surface area (Å²) >= 11 is 0. The number of carbonyl (C=O) groups excluding carboxylic acids is 2. The van der Waals surface area contributed by atoms with Crippen LogP contribution in [-0.2, 0) is 9.53 Å². The fourth-order valence-corrected chi connectivity index (χ4v) is 2.61. The standard InChI is InChI=1S/C20H22N2O8/c1-5-29-18-10-15(22(25)26)13(9-17(18)28-4)20(24)30-11-19(23)21-14-8-12(2)6-7-16(14)27-3/h6-10H,5,11H2,1-4H3,(H,21,23). The van der Waals surface area contributed by atoms with E-state index in [1.54, 1.807) is 19.1 Å². The van der Waals surface area contributed by atoms with Crippen molar-refractivity contribution < 1.29 is 33.5 Å². The number of carbonyl (C=O) groups is 2. The molecule has 1 N–H and O–H groups in total. The molecule has 0 aliphatic heterocycles. The number of ether oxygens (including phenoxy) is 4. The molecule has 10 heteroatoms. The van der Waals surface area contributed by atoms with Gasteiger partial charge in [0.1, 0.15) is 11.3 Å². The third-order valence-electron chi connectivity index (χ3n) is 3.96. The van der Waals surface area contributed by atoms with E-state index in [1.165, 1.54) is 14.2 Å². The molecule has 0 unspecified atom stereocenters. The third kappa shape index (κ3) is 5.37. The first-order valence-electron chi connectivity index (χ1n) is 8.91. The van der Waals surface area contributed by atoms with Crippen LogP contribution < -0.4 is 19.5 Å². The number of esters is 1. The minimum absolute atomic E-state index is 0.118. The number of amides is 1. The maximum Gasteiger partial charge on any atom is 0.345 e. The molecule has 0 saturated heterocycles. The Morgan fingerprint density at radius 3 is 2.37 bits per heavy atom. The average Bonchev–Trinajstić information content (AvgIpc) is 2.72. The van der Waals surface area contributed by atoms with Crippen LogP contribution in [0.4, 0.5) is 11.4 Å². The highest BCUT2D eigenvalue weighted by Gasteiger charge is 2.26. The molecule has 0 heterocycles. The number of hydrogen-bond donors (Lipinski definition) is 1. The van der Waals surface area contributed by atoms with Gasteiger partial charge in [0.05, 0.1) is 37.5 Å². The summed E-state index contributed by atoms with van der Waals surface area (Å²) < 4.78 is 20.5. The average molecular weight is 418 g/mol. The second kappa shape index (κ2) is 10.1. The summed E-state index contributed by atoms with van der Waals surface area (Å²) in [7, 11) is 2.79. The van der Waals surface area contributed by atoms with Crippen LogP contribution in [-0.4, -0.2) is 44.2 Å². The zero-order chi connectivity index (χ0) is 22.3. The zero-order valence-electron chi connectivity index (χ0n) is 17.0. The van der Waals surface area contributed by atoms with Crippen molar-refractivity contribution >= 4 is 23.3 Å². The van der Waals surface area contributed by atoms with Gasteiger partial charge < -0.3 is 24.3 Å². The molecule has 2 aromatic rings. The summed E-state index contributed by atoms with van der Waals surface area (Å²) in [5.41, 5.74) is 0.415. The molecule has 0 aliphatic rings. The van der Waals surface area contributed by atoms with Gasteiger partial charge in [0, 0.05) is 6.07 Å². The fourth-order valence-electron chi connectivity index (χ4n) is 2.61. The number of anilines is 1. The largest absolute Gasteiger partial charge is 0.495 e. The minimum atomic E-state index is -1.05. The normalized spacial score (nSPS) is 10.1. The highest BCUT2D eigenvalue weighted by Crippen LogP contribution is 2.35. The molecule has 0 saturated carbocycles. The molecule has 0 aromatic heterocycles. The predicted molar refractivity (Wildman–Crippen MR) is 107 cm³/mol. The number of nitro groups is 1. The summed E-state index contributed by atoms with van der Waals surface area (Å²) in [6.07, 6.45) is 0. The molecule has 30 heavy (non-hydrogen) atoms. The minimum Gasteiger partial charge on any atom is -0.495 e. The first kappa shape index (κ1) is 22.5. The van der Waals surface area contributed by atoms with E-state index in [4.69, 9.17) is 18.9 Å². The van der Waals surface area contributed by atoms with E-state index in [1.807, 2.05) is 13.0 Å². The van der Waals surface area contributed by atoms with E-state index >= 15 is 0 Å². The van der Waals surface area contributed by atoms with Crippen LogP contribution in [0.2, 0.25) is 0 Å². The topological polar surface area (TPSA) is 126 Å². The number of aryl methyl sites for hydroxylation is 1. The first-order valence-corrected chi connectivity index (χ1v) is 8.91. The molecule has 0 radical (unpaired) electrons. The second-order valence-corrected chi connectivity index (χ2v) is 6.04. The van der Waals surface area contributed by atoms with Crippen LogP contribution in [0, 0.1) is 17.0 Å². The number of benzene rings is 2. The smallest absolute Gasteiger partial charge is 0.345 e. The van der Waals surface area contributed by atoms with Crippen molar-refractivity contribution in [1.29, 1.82) is 0 Å². The van der Waals surface area contributed by atoms with Gasteiger partial charge in [-0.25, -0.2) is 4.79 Å². The lowest BCUT2D eigenvalue weighted by molar-refractivity contribution is -0.385. The number of nitrogens with one attached hydrogen (secondary N) is 1. The van der Waals surface area contributed by atoms with E-state index in [9.17, 15) is 19.7 Å². The zero-order valence-corrected chi connectivity index (χ0v) is 17.0. The molecule has 2 aromatic carbocycles. The summed E-state index contributed by atoms with van der Waals surface area (Å²) in [5, 5.41) is 13.9. The van der Waals surface area contributed by atoms with Gasteiger partial charge in [0.15, 0.2) is 18.1 Å². The lowest BCUT2D eigenvalue weighted by Gasteiger charge is -2.12. The Bertz CT molecular complexity index is 958. The molecule has 2 rings (SSSR count). The number of nitro benzene ring substituents is 1. The molecule has 10 nitrogen and oxygen atoms in total. The predicted octanol–water partition coefficient (Wildman–Crippen LogP) is 3.11. The molecular weight excluding hydrogens is 396 g/mol. The monoisotopic (exact) mass is 418 g/mol. The van der Waals surface area contributed by atoms with Crippen LogP contribution in [0.3, 0.4) is 0 Å². The summed E-state index contributed by atoms with van der Waals surface area (Å²) in [5.74, 6) is -0.995. The van der Waals surface area contributed by atoms with Crippen LogP contribution >= 0.6 is 0 Å². The Hall–Kier alpha value is -3.82. The van der Waals surface area contributed by atoms with Crippen LogP contribution in [0.5, 0.6) is 17.2 Å². The highest BCUT2D eigenvalue weighted by molar-refractivity contribution is 5.98. The molecule has 0 atom stereocenters. The van der Waals surface area contributed by atoms with Crippen molar-refractivity contribution in [3.8, 4) is 17.2 Å². The van der Waals surface area contributed by atoms with E-state index in [0.29, 0.717) is 11.4 Å². The van der Waals surface area contributed by atoms with Crippen molar-refractivity contribution in [2.75, 3.05) is 32.8 Å². The molecule has 0 fully saturated rings. The van der Waals surface area contributed by atoms with Gasteiger partial charge in [-0.1, -0.05) is 6.07 Å². The number of hydrogen-bond acceptors (Lipinski definition) is 8. The van der Waals surface area contributed by atoms with Crippen molar-refractivity contribution in [1.82, 2.24) is 0 Å². The lowest BCUT2D eigenvalue weighted by Crippen LogP contribution is -2.21. The van der Waals surface area contributed by atoms with Gasteiger partial charge in [0.25, 0.3) is 11.6 Å². The second-order valence-electron chi connectivity index (χ2n) is 6.04. The summed E-state index contributed by atoms with van der Waals surface area (Å²) in [6.45, 7) is 3.14. The van der Waals surface area contributed by atoms with Crippen molar-refractivity contribution in [3.05, 3.63) is 51.6 Å². The maximum atomic E-state index is 12.4. The SMILES string of the molecule is CCOc1cc([N+](=O)[O-])c(C(=O)OCC(=O)Nc2cc(C)ccc2OC)cc1OC. The van der Waals surface area contributed by atoms with E-state index in [0.717, 1.165) is 17.7 Å². The fraction of sp³-hybridized carbons (Fsp3) is 0.300. The summed E-state index contributed by atoms with van der Waals surface area (Å²) in [4.78, 5) is 35.2. The van der Waals surface area contributed by atoms with Gasteiger partial charge in [-0.15, -0.1) is 0 Å². The molecule has 1 amide bonds. The van der Waals surface area contributed by atoms with Gasteiger partial charge in [-0.2, -0.15) is 0 Å². The van der Waals surface area contributed by atoms with Gasteiger partial charge in [0.2, 0.25) is 0 Å². The van der Waals surface area contributed by atoms with Crippen molar-refractivity contribution in [2.24, 2.45) is 0 Å². The van der Waals surface area contributed by atoms with Gasteiger partial charge in [-0.3, -0.25) is 14.9 Å². The highest BCUT2D eigenvalue weighted by atomic mass is 16.6.